The molecular weight excluding hydrogens is 196 g/mol. The van der Waals surface area contributed by atoms with Crippen molar-refractivity contribution in [2.75, 3.05) is 6.54 Å². The van der Waals surface area contributed by atoms with Crippen LogP contribution in [0.4, 0.5) is 0 Å². The summed E-state index contributed by atoms with van der Waals surface area (Å²) in [5, 5.41) is 11.2. The Bertz CT molecular complexity index is 229. The Hall–Kier alpha value is -1.10. The molecule has 0 heterocycles. The first-order valence-corrected chi connectivity index (χ1v) is 5.12. The summed E-state index contributed by atoms with van der Waals surface area (Å²) in [5.74, 6) is -1.43. The molecule has 4 N–H and O–H groups in total. The van der Waals surface area contributed by atoms with Gasteiger partial charge in [-0.15, -0.1) is 0 Å². The van der Waals surface area contributed by atoms with E-state index in [1.54, 1.807) is 6.92 Å². The lowest BCUT2D eigenvalue weighted by atomic mass is 10.0. The van der Waals surface area contributed by atoms with E-state index < -0.39 is 17.9 Å². The number of hydrogen-bond acceptors (Lipinski definition) is 3. The smallest absolute Gasteiger partial charge is 0.306 e. The van der Waals surface area contributed by atoms with Gasteiger partial charge in [0.25, 0.3) is 0 Å². The maximum Gasteiger partial charge on any atom is 0.306 e. The number of amides is 1. The first kappa shape index (κ1) is 13.9. The Labute approximate surface area is 90.0 Å². The van der Waals surface area contributed by atoms with Crippen LogP contribution in [0.1, 0.15) is 27.2 Å². The third kappa shape index (κ3) is 5.37. The summed E-state index contributed by atoms with van der Waals surface area (Å²) in [6.45, 7) is 5.69. The molecule has 0 radical (unpaired) electrons. The summed E-state index contributed by atoms with van der Waals surface area (Å²) in [4.78, 5) is 21.8. The van der Waals surface area contributed by atoms with Gasteiger partial charge >= 0.3 is 5.97 Å². The van der Waals surface area contributed by atoms with Gasteiger partial charge in [0.05, 0.1) is 12.0 Å². The number of carboxylic acid groups (broad SMARTS) is 1. The van der Waals surface area contributed by atoms with Crippen molar-refractivity contribution < 1.29 is 14.7 Å². The van der Waals surface area contributed by atoms with Crippen LogP contribution in [0, 0.1) is 11.8 Å². The van der Waals surface area contributed by atoms with E-state index in [4.69, 9.17) is 10.8 Å². The van der Waals surface area contributed by atoms with Crippen molar-refractivity contribution in [3.8, 4) is 0 Å². The highest BCUT2D eigenvalue weighted by Gasteiger charge is 2.17. The van der Waals surface area contributed by atoms with Crippen molar-refractivity contribution in [2.24, 2.45) is 17.6 Å². The van der Waals surface area contributed by atoms with Crippen molar-refractivity contribution in [1.82, 2.24) is 5.32 Å². The van der Waals surface area contributed by atoms with Crippen LogP contribution in [0.5, 0.6) is 0 Å². The standard InChI is InChI=1S/C10H20N2O3/c1-6(2)8(11)9(13)12-5-4-7(3)10(14)15/h6-8H,4-5,11H2,1-3H3,(H,12,13)(H,14,15). The molecule has 2 unspecified atom stereocenters. The Morgan fingerprint density at radius 3 is 2.27 bits per heavy atom. The fourth-order valence-electron chi connectivity index (χ4n) is 0.956. The molecule has 15 heavy (non-hydrogen) atoms. The van der Waals surface area contributed by atoms with Crippen LogP contribution < -0.4 is 11.1 Å². The normalized spacial score (nSPS) is 14.7. The molecule has 0 saturated carbocycles. The molecular formula is C10H20N2O3. The minimum atomic E-state index is -0.850. The van der Waals surface area contributed by atoms with E-state index >= 15 is 0 Å². The predicted octanol–water partition coefficient (Wildman–Crippen LogP) is 0.197. The molecule has 0 spiro atoms. The lowest BCUT2D eigenvalue weighted by molar-refractivity contribution is -0.141. The quantitative estimate of drug-likeness (QED) is 0.591. The van der Waals surface area contributed by atoms with Crippen molar-refractivity contribution in [1.29, 1.82) is 0 Å². The van der Waals surface area contributed by atoms with Gasteiger partial charge in [-0.1, -0.05) is 20.8 Å². The summed E-state index contributed by atoms with van der Waals surface area (Å²) >= 11 is 0. The van der Waals surface area contributed by atoms with E-state index in [-0.39, 0.29) is 11.8 Å². The average molecular weight is 216 g/mol. The minimum Gasteiger partial charge on any atom is -0.481 e. The summed E-state index contributed by atoms with van der Waals surface area (Å²) in [7, 11) is 0. The van der Waals surface area contributed by atoms with Gasteiger partial charge in [-0.2, -0.15) is 0 Å². The number of nitrogens with two attached hydrogens (primary N) is 1. The average Bonchev–Trinajstić information content (AvgIpc) is 2.15. The fourth-order valence-corrected chi connectivity index (χ4v) is 0.956. The van der Waals surface area contributed by atoms with E-state index in [9.17, 15) is 9.59 Å². The number of aliphatic carboxylic acids is 1. The molecule has 2 atom stereocenters. The fraction of sp³-hybridized carbons (Fsp3) is 0.800. The number of hydrogen-bond donors (Lipinski definition) is 3. The molecule has 0 aromatic carbocycles. The molecule has 0 aromatic rings. The molecule has 0 bridgehead atoms. The van der Waals surface area contributed by atoms with Crippen LogP contribution in [0.2, 0.25) is 0 Å². The van der Waals surface area contributed by atoms with Crippen LogP contribution >= 0.6 is 0 Å². The lowest BCUT2D eigenvalue weighted by Crippen LogP contribution is -2.44. The van der Waals surface area contributed by atoms with E-state index in [2.05, 4.69) is 5.32 Å². The van der Waals surface area contributed by atoms with Gasteiger partial charge in [-0.25, -0.2) is 0 Å². The number of rotatable bonds is 6. The topological polar surface area (TPSA) is 92.4 Å². The lowest BCUT2D eigenvalue weighted by Gasteiger charge is -2.15. The molecule has 88 valence electrons. The zero-order valence-corrected chi connectivity index (χ0v) is 9.49. The highest BCUT2D eigenvalue weighted by Crippen LogP contribution is 2.01. The predicted molar refractivity (Wildman–Crippen MR) is 57.2 cm³/mol. The van der Waals surface area contributed by atoms with Crippen molar-refractivity contribution >= 4 is 11.9 Å². The van der Waals surface area contributed by atoms with E-state index in [0.29, 0.717) is 13.0 Å². The minimum absolute atomic E-state index is 0.0851. The highest BCUT2D eigenvalue weighted by molar-refractivity contribution is 5.81. The number of carbonyl (C=O) groups is 2. The second kappa shape index (κ2) is 6.40. The van der Waals surface area contributed by atoms with Gasteiger partial charge in [0.2, 0.25) is 5.91 Å². The Balaban J connectivity index is 3.78. The Morgan fingerprint density at radius 1 is 1.33 bits per heavy atom. The van der Waals surface area contributed by atoms with Crippen molar-refractivity contribution in [3.63, 3.8) is 0 Å². The van der Waals surface area contributed by atoms with Gasteiger partial charge in [-0.3, -0.25) is 9.59 Å². The maximum absolute atomic E-state index is 11.4. The van der Waals surface area contributed by atoms with Crippen LogP contribution in [-0.4, -0.2) is 29.6 Å². The van der Waals surface area contributed by atoms with Gasteiger partial charge in [0, 0.05) is 6.54 Å². The summed E-state index contributed by atoms with van der Waals surface area (Å²) in [6, 6.07) is -0.523. The Kier molecular flexibility index (Phi) is 5.93. The molecule has 0 rings (SSSR count). The zero-order chi connectivity index (χ0) is 12.0. The van der Waals surface area contributed by atoms with Crippen molar-refractivity contribution in [2.45, 2.75) is 33.2 Å². The number of nitrogens with one attached hydrogen (secondary N) is 1. The van der Waals surface area contributed by atoms with Crippen molar-refractivity contribution in [3.05, 3.63) is 0 Å². The molecule has 0 saturated heterocycles. The highest BCUT2D eigenvalue weighted by atomic mass is 16.4. The molecule has 1 amide bonds. The van der Waals surface area contributed by atoms with E-state index in [1.807, 2.05) is 13.8 Å². The SMILES string of the molecule is CC(CCNC(=O)C(N)C(C)C)C(=O)O. The first-order chi connectivity index (χ1) is 6.86. The largest absolute Gasteiger partial charge is 0.481 e. The summed E-state index contributed by atoms with van der Waals surface area (Å²) in [6.07, 6.45) is 0.423. The van der Waals surface area contributed by atoms with E-state index in [0.717, 1.165) is 0 Å². The first-order valence-electron chi connectivity index (χ1n) is 5.12. The van der Waals surface area contributed by atoms with Crippen LogP contribution in [0.15, 0.2) is 0 Å². The summed E-state index contributed by atoms with van der Waals surface area (Å²) < 4.78 is 0. The molecule has 0 aromatic heterocycles. The third-order valence-electron chi connectivity index (χ3n) is 2.32. The van der Waals surface area contributed by atoms with Crippen LogP contribution in [-0.2, 0) is 9.59 Å². The van der Waals surface area contributed by atoms with Gasteiger partial charge in [-0.05, 0) is 12.3 Å². The molecule has 0 aliphatic rings. The zero-order valence-electron chi connectivity index (χ0n) is 9.49. The Morgan fingerprint density at radius 2 is 1.87 bits per heavy atom. The second-order valence-electron chi connectivity index (χ2n) is 4.09. The molecule has 0 fully saturated rings. The molecule has 5 heteroatoms. The van der Waals surface area contributed by atoms with Gasteiger partial charge in [0.1, 0.15) is 0 Å². The van der Waals surface area contributed by atoms with Gasteiger partial charge < -0.3 is 16.2 Å². The molecule has 5 nitrogen and oxygen atoms in total. The molecule has 0 aliphatic carbocycles. The maximum atomic E-state index is 11.4. The molecule has 0 aliphatic heterocycles. The van der Waals surface area contributed by atoms with Gasteiger partial charge in [0.15, 0.2) is 0 Å². The number of carboxylic acids is 1. The van der Waals surface area contributed by atoms with E-state index in [1.165, 1.54) is 0 Å². The number of carbonyl (C=O) groups excluding carboxylic acids is 1. The van der Waals surface area contributed by atoms with Crippen LogP contribution in [0.25, 0.3) is 0 Å². The third-order valence-corrected chi connectivity index (χ3v) is 2.32. The monoisotopic (exact) mass is 216 g/mol. The van der Waals surface area contributed by atoms with Crippen LogP contribution in [0.3, 0.4) is 0 Å². The second-order valence-corrected chi connectivity index (χ2v) is 4.09. The summed E-state index contributed by atoms with van der Waals surface area (Å²) in [5.41, 5.74) is 5.61.